The molecule has 2 saturated heterocycles. The molecular formula is C33H37ClF3N6O2P. The number of nitrogens with zero attached hydrogens (tertiary/aromatic N) is 4. The highest BCUT2D eigenvalue weighted by Gasteiger charge is 2.47. The summed E-state index contributed by atoms with van der Waals surface area (Å²) in [6.07, 6.45) is -0.952. The lowest BCUT2D eigenvalue weighted by Crippen LogP contribution is -2.61. The van der Waals surface area contributed by atoms with Gasteiger partial charge in [0.2, 0.25) is 5.95 Å². The van der Waals surface area contributed by atoms with E-state index in [4.69, 9.17) is 16.3 Å². The summed E-state index contributed by atoms with van der Waals surface area (Å²) in [5.74, 6) is 1.26. The van der Waals surface area contributed by atoms with Crippen molar-refractivity contribution >= 4 is 63.6 Å². The summed E-state index contributed by atoms with van der Waals surface area (Å²) >= 11 is 6.53. The van der Waals surface area contributed by atoms with Gasteiger partial charge < -0.3 is 24.8 Å². The molecule has 0 bridgehead atoms. The van der Waals surface area contributed by atoms with Gasteiger partial charge in [0, 0.05) is 43.2 Å². The van der Waals surface area contributed by atoms with Gasteiger partial charge in [-0.25, -0.2) is 4.98 Å². The highest BCUT2D eigenvalue weighted by molar-refractivity contribution is 7.71. The summed E-state index contributed by atoms with van der Waals surface area (Å²) < 4.78 is 57.5. The first-order chi connectivity index (χ1) is 21.7. The highest BCUT2D eigenvalue weighted by Crippen LogP contribution is 2.45. The molecule has 1 aromatic heterocycles. The van der Waals surface area contributed by atoms with Crippen molar-refractivity contribution < 1.29 is 22.5 Å². The van der Waals surface area contributed by atoms with Crippen molar-refractivity contribution in [1.82, 2.24) is 14.9 Å². The molecule has 0 amide bonds. The number of anilines is 5. The molecule has 1 spiro atoms. The first-order valence-electron chi connectivity index (χ1n) is 15.1. The number of aromatic nitrogens is 2. The minimum atomic E-state index is -4.16. The zero-order valence-electron chi connectivity index (χ0n) is 26.2. The number of benzene rings is 3. The molecule has 0 unspecified atom stereocenters. The van der Waals surface area contributed by atoms with Crippen molar-refractivity contribution in [3.05, 3.63) is 65.3 Å². The Kier molecular flexibility index (Phi) is 8.63. The van der Waals surface area contributed by atoms with E-state index >= 15 is 0 Å². The molecule has 46 heavy (non-hydrogen) atoms. The molecular weight excluding hydrogens is 636 g/mol. The van der Waals surface area contributed by atoms with Crippen molar-refractivity contribution in [2.45, 2.75) is 25.9 Å². The molecule has 0 atom stereocenters. The van der Waals surface area contributed by atoms with Crippen LogP contribution in [0.15, 0.2) is 54.7 Å². The number of hydrogen-bond acceptors (Lipinski definition) is 8. The Morgan fingerprint density at radius 2 is 1.76 bits per heavy atom. The Morgan fingerprint density at radius 1 is 1.04 bits per heavy atom. The largest absolute Gasteiger partial charge is 0.494 e. The topological polar surface area (TPSA) is 82.6 Å². The van der Waals surface area contributed by atoms with Crippen molar-refractivity contribution in [2.24, 2.45) is 5.41 Å². The van der Waals surface area contributed by atoms with Gasteiger partial charge >= 0.3 is 6.18 Å². The molecule has 244 valence electrons. The summed E-state index contributed by atoms with van der Waals surface area (Å²) in [6, 6.07) is 15.6. The molecule has 4 aromatic rings. The first-order valence-corrected chi connectivity index (χ1v) is 18.1. The number of ether oxygens (including phenoxy) is 1. The maximum atomic E-state index is 13.4. The van der Waals surface area contributed by atoms with Crippen molar-refractivity contribution in [3.8, 4) is 5.75 Å². The molecule has 2 fully saturated rings. The fraction of sp³-hybridized carbons (Fsp3) is 0.394. The van der Waals surface area contributed by atoms with E-state index in [1.807, 2.05) is 55.5 Å². The van der Waals surface area contributed by atoms with Crippen LogP contribution in [0.25, 0.3) is 10.8 Å². The predicted octanol–water partition coefficient (Wildman–Crippen LogP) is 7.80. The van der Waals surface area contributed by atoms with Gasteiger partial charge in [0.15, 0.2) is 5.82 Å². The lowest BCUT2D eigenvalue weighted by Gasteiger charge is -2.54. The van der Waals surface area contributed by atoms with Crippen molar-refractivity contribution in [2.75, 3.05) is 68.7 Å². The first kappa shape index (κ1) is 32.4. The van der Waals surface area contributed by atoms with Gasteiger partial charge in [0.25, 0.3) is 0 Å². The molecule has 2 N–H and O–H groups in total. The van der Waals surface area contributed by atoms with Crippen LogP contribution in [0.1, 0.15) is 18.4 Å². The van der Waals surface area contributed by atoms with Crippen LogP contribution in [-0.4, -0.2) is 74.2 Å². The molecule has 3 aromatic carbocycles. The molecule has 0 saturated carbocycles. The van der Waals surface area contributed by atoms with Crippen LogP contribution in [0.5, 0.6) is 5.75 Å². The summed E-state index contributed by atoms with van der Waals surface area (Å²) in [7, 11) is -1.10. The monoisotopic (exact) mass is 672 g/mol. The number of aryl methyl sites for hydroxylation is 1. The quantitative estimate of drug-likeness (QED) is 0.184. The fourth-order valence-electron chi connectivity index (χ4n) is 6.79. The normalized spacial score (nSPS) is 16.8. The molecule has 8 nitrogen and oxygen atoms in total. The van der Waals surface area contributed by atoms with E-state index in [9.17, 15) is 17.7 Å². The molecule has 0 radical (unpaired) electrons. The summed E-state index contributed by atoms with van der Waals surface area (Å²) in [4.78, 5) is 12.8. The molecule has 2 aliphatic rings. The number of rotatable bonds is 8. The predicted molar refractivity (Wildman–Crippen MR) is 181 cm³/mol. The lowest BCUT2D eigenvalue weighted by atomic mass is 9.72. The van der Waals surface area contributed by atoms with Crippen LogP contribution in [-0.2, 0) is 4.57 Å². The van der Waals surface area contributed by atoms with Gasteiger partial charge in [-0.2, -0.15) is 18.2 Å². The Morgan fingerprint density at radius 3 is 2.43 bits per heavy atom. The van der Waals surface area contributed by atoms with Gasteiger partial charge in [0.1, 0.15) is 17.9 Å². The van der Waals surface area contributed by atoms with Gasteiger partial charge in [-0.3, -0.25) is 4.90 Å². The van der Waals surface area contributed by atoms with Crippen LogP contribution in [0.2, 0.25) is 5.02 Å². The second-order valence-corrected chi connectivity index (χ2v) is 16.3. The highest BCUT2D eigenvalue weighted by atomic mass is 35.5. The average Bonchev–Trinajstić information content (AvgIpc) is 2.97. The van der Waals surface area contributed by atoms with E-state index in [0.29, 0.717) is 47.0 Å². The van der Waals surface area contributed by atoms with E-state index in [2.05, 4.69) is 25.5 Å². The minimum Gasteiger partial charge on any atom is -0.494 e. The second-order valence-electron chi connectivity index (χ2n) is 12.8. The summed E-state index contributed by atoms with van der Waals surface area (Å²) in [5, 5.41) is 9.49. The number of likely N-dealkylation sites (tertiary alicyclic amines) is 1. The third kappa shape index (κ3) is 6.77. The number of halogens is 4. The van der Waals surface area contributed by atoms with E-state index in [1.54, 1.807) is 20.4 Å². The number of nitrogens with one attached hydrogen (secondary N) is 2. The van der Waals surface area contributed by atoms with E-state index in [1.165, 1.54) is 11.1 Å². The maximum Gasteiger partial charge on any atom is 0.401 e. The van der Waals surface area contributed by atoms with Gasteiger partial charge in [-0.05, 0) is 67.0 Å². The fourth-order valence-corrected chi connectivity index (χ4v) is 8.42. The Labute approximate surface area is 271 Å². The van der Waals surface area contributed by atoms with Gasteiger partial charge in [0.05, 0.1) is 31.2 Å². The lowest BCUT2D eigenvalue weighted by molar-refractivity contribution is -0.171. The second kappa shape index (κ2) is 12.2. The smallest absolute Gasteiger partial charge is 0.401 e. The minimum absolute atomic E-state index is 0.0301. The third-order valence-corrected chi connectivity index (χ3v) is 10.7. The number of hydrogen-bond donors (Lipinski definition) is 2. The molecule has 3 heterocycles. The Hall–Kier alpha value is -3.53. The SMILES string of the molecule is COc1cc(N2CCC3(CC2)CN(CC(F)(F)F)C3)c(C)cc1Nc1ncc(Cl)c(Nc2ccc3ccccc3c2P(C)(C)=O)n1. The Balaban J connectivity index is 1.19. The van der Waals surface area contributed by atoms with Gasteiger partial charge in [-0.15, -0.1) is 0 Å². The van der Waals surface area contributed by atoms with Crippen molar-refractivity contribution in [3.63, 3.8) is 0 Å². The maximum absolute atomic E-state index is 13.4. The van der Waals surface area contributed by atoms with Crippen LogP contribution in [0, 0.1) is 12.3 Å². The zero-order chi connectivity index (χ0) is 32.9. The number of alkyl halides is 3. The van der Waals surface area contributed by atoms with Crippen LogP contribution in [0.3, 0.4) is 0 Å². The molecule has 13 heteroatoms. The Bertz CT molecular complexity index is 1820. The van der Waals surface area contributed by atoms with E-state index in [0.717, 1.165) is 53.3 Å². The third-order valence-electron chi connectivity index (χ3n) is 8.89. The van der Waals surface area contributed by atoms with Crippen LogP contribution in [0.4, 0.5) is 42.0 Å². The van der Waals surface area contributed by atoms with Crippen molar-refractivity contribution in [1.29, 1.82) is 0 Å². The zero-order valence-corrected chi connectivity index (χ0v) is 27.9. The van der Waals surface area contributed by atoms with Crippen LogP contribution < -0.4 is 25.6 Å². The standard InChI is InChI=1S/C33H37ClF3N6O2P/c1-21-15-26(28(45-2)16-27(21)43-13-11-32(12-14-43)18-42(19-32)20-33(35,36)37)40-31-38-17-24(34)30(41-31)39-25-10-9-22-7-5-6-8-23(22)29(25)46(3,4)44/h5-10,15-17H,11-14,18-20H2,1-4H3,(H2,38,39,40,41). The molecule has 6 rings (SSSR count). The molecule has 0 aliphatic carbocycles. The van der Waals surface area contributed by atoms with E-state index in [-0.39, 0.29) is 5.41 Å². The number of methoxy groups -OCH3 is 1. The van der Waals surface area contributed by atoms with Gasteiger partial charge in [-0.1, -0.05) is 41.9 Å². The number of fused-ring (bicyclic) bond motifs is 1. The average molecular weight is 673 g/mol. The van der Waals surface area contributed by atoms with E-state index < -0.39 is 19.9 Å². The number of piperidine rings is 1. The summed E-state index contributed by atoms with van der Waals surface area (Å²) in [5.41, 5.74) is 3.34. The summed E-state index contributed by atoms with van der Waals surface area (Å²) in [6.45, 7) is 7.22. The van der Waals surface area contributed by atoms with Crippen LogP contribution >= 0.6 is 18.7 Å². The molecule has 2 aliphatic heterocycles.